The fraction of sp³-hybridized carbons (Fsp3) is 0.758. The predicted octanol–water partition coefficient (Wildman–Crippen LogP) is 10.8. The quantitative estimate of drug-likeness (QED) is 0.143. The predicted molar refractivity (Wildman–Crippen MR) is 157 cm³/mol. The number of rotatable bonds is 23. The third-order valence-corrected chi connectivity index (χ3v) is 7.76. The summed E-state index contributed by atoms with van der Waals surface area (Å²) in [6.45, 7) is 5.81. The summed E-state index contributed by atoms with van der Waals surface area (Å²) in [6.07, 6.45) is 34.7. The molecule has 0 spiro atoms. The molecule has 2 rings (SSSR count). The first-order valence-corrected chi connectivity index (χ1v) is 15.6. The maximum absolute atomic E-state index is 2.62. The van der Waals surface area contributed by atoms with Gasteiger partial charge in [0.05, 0.1) is 0 Å². The van der Waals surface area contributed by atoms with E-state index in [2.05, 4.69) is 66.4 Å². The maximum Gasteiger partial charge on any atom is 0.105 e. The zero-order chi connectivity index (χ0) is 24.8. The highest BCUT2D eigenvalue weighted by molar-refractivity contribution is 5.51. The van der Waals surface area contributed by atoms with Gasteiger partial charge >= 0.3 is 0 Å². The topological polar surface area (TPSA) is 6.48 Å². The summed E-state index contributed by atoms with van der Waals surface area (Å²) in [5.41, 5.74) is 1.34. The normalized spacial score (nSPS) is 15.4. The van der Waals surface area contributed by atoms with Gasteiger partial charge in [0.2, 0.25) is 0 Å². The first kappa shape index (κ1) is 29.8. The van der Waals surface area contributed by atoms with Crippen molar-refractivity contribution >= 4 is 5.69 Å². The van der Waals surface area contributed by atoms with Gasteiger partial charge in [-0.15, -0.1) is 0 Å². The van der Waals surface area contributed by atoms with Crippen molar-refractivity contribution in [2.75, 3.05) is 11.4 Å². The van der Waals surface area contributed by atoms with Crippen molar-refractivity contribution in [3.05, 3.63) is 42.7 Å². The van der Waals surface area contributed by atoms with Crippen LogP contribution in [0.2, 0.25) is 0 Å². The summed E-state index contributed by atoms with van der Waals surface area (Å²) in [5.74, 6) is 0. The van der Waals surface area contributed by atoms with Gasteiger partial charge in [-0.05, 0) is 31.4 Å². The molecule has 35 heavy (non-hydrogen) atoms. The minimum absolute atomic E-state index is 0.505. The van der Waals surface area contributed by atoms with E-state index in [0.29, 0.717) is 6.17 Å². The van der Waals surface area contributed by atoms with Gasteiger partial charge in [0.15, 0.2) is 0 Å². The molecule has 200 valence electrons. The van der Waals surface area contributed by atoms with Crippen molar-refractivity contribution in [2.45, 2.75) is 155 Å². The average molecular weight is 483 g/mol. The molecule has 2 nitrogen and oxygen atoms in total. The summed E-state index contributed by atoms with van der Waals surface area (Å²) >= 11 is 0. The molecule has 1 aromatic rings. The molecule has 1 aliphatic heterocycles. The Bertz CT molecular complexity index is 611. The van der Waals surface area contributed by atoms with Crippen LogP contribution >= 0.6 is 0 Å². The third-order valence-electron chi connectivity index (χ3n) is 7.76. The van der Waals surface area contributed by atoms with Crippen LogP contribution in [0.1, 0.15) is 149 Å². The first-order chi connectivity index (χ1) is 17.4. The zero-order valence-corrected chi connectivity index (χ0v) is 23.6. The van der Waals surface area contributed by atoms with E-state index in [1.807, 2.05) is 0 Å². The highest BCUT2D eigenvalue weighted by atomic mass is 15.4. The molecule has 1 atom stereocenters. The van der Waals surface area contributed by atoms with E-state index in [-0.39, 0.29) is 0 Å². The highest BCUT2D eigenvalue weighted by Gasteiger charge is 2.26. The Morgan fingerprint density at radius 2 is 0.971 bits per heavy atom. The van der Waals surface area contributed by atoms with Gasteiger partial charge in [-0.25, -0.2) is 0 Å². The molecule has 0 saturated carbocycles. The summed E-state index contributed by atoms with van der Waals surface area (Å²) < 4.78 is 0. The molecule has 0 aliphatic carbocycles. The Kier molecular flexibility index (Phi) is 17.6. The van der Waals surface area contributed by atoms with Crippen LogP contribution in [-0.4, -0.2) is 17.6 Å². The fourth-order valence-electron chi connectivity index (χ4n) is 5.50. The number of hydrogen-bond acceptors (Lipinski definition) is 2. The molecule has 0 aromatic heterocycles. The lowest BCUT2D eigenvalue weighted by atomic mass is 10.0. The Labute approximate surface area is 219 Å². The average Bonchev–Trinajstić information content (AvgIpc) is 3.29. The highest BCUT2D eigenvalue weighted by Crippen LogP contribution is 2.28. The van der Waals surface area contributed by atoms with E-state index in [1.165, 1.54) is 147 Å². The second-order valence-corrected chi connectivity index (χ2v) is 10.9. The van der Waals surface area contributed by atoms with E-state index in [4.69, 9.17) is 0 Å². The van der Waals surface area contributed by atoms with E-state index >= 15 is 0 Å². The van der Waals surface area contributed by atoms with Gasteiger partial charge in [-0.3, -0.25) is 0 Å². The second kappa shape index (κ2) is 20.7. The number of anilines is 1. The molecule has 1 unspecified atom stereocenters. The van der Waals surface area contributed by atoms with Crippen molar-refractivity contribution in [3.63, 3.8) is 0 Å². The number of benzene rings is 1. The number of unbranched alkanes of at least 4 members (excludes halogenated alkanes) is 18. The van der Waals surface area contributed by atoms with Gasteiger partial charge in [0.1, 0.15) is 6.17 Å². The minimum atomic E-state index is 0.505. The summed E-state index contributed by atoms with van der Waals surface area (Å²) in [5, 5.41) is 0. The molecule has 1 heterocycles. The Morgan fingerprint density at radius 3 is 1.49 bits per heavy atom. The molecule has 0 radical (unpaired) electrons. The number of para-hydroxylation sites is 1. The first-order valence-electron chi connectivity index (χ1n) is 15.6. The molecule has 1 aliphatic rings. The van der Waals surface area contributed by atoms with E-state index in [0.717, 1.165) is 0 Å². The van der Waals surface area contributed by atoms with Crippen LogP contribution in [0, 0.1) is 0 Å². The molecule has 0 bridgehead atoms. The van der Waals surface area contributed by atoms with Crippen LogP contribution in [0.3, 0.4) is 0 Å². The summed E-state index contributed by atoms with van der Waals surface area (Å²) in [6, 6.07) is 11.0. The Balaban J connectivity index is 1.61. The number of nitrogens with zero attached hydrogens (tertiary/aromatic N) is 2. The van der Waals surface area contributed by atoms with Gasteiger partial charge in [0.25, 0.3) is 0 Å². The lowest BCUT2D eigenvalue weighted by Crippen LogP contribution is -2.39. The van der Waals surface area contributed by atoms with Crippen molar-refractivity contribution < 1.29 is 0 Å². The number of hydrogen-bond donors (Lipinski definition) is 0. The largest absolute Gasteiger partial charge is 0.356 e. The van der Waals surface area contributed by atoms with Gasteiger partial charge in [0, 0.05) is 24.6 Å². The Morgan fingerprint density at radius 1 is 0.514 bits per heavy atom. The smallest absolute Gasteiger partial charge is 0.105 e. The van der Waals surface area contributed by atoms with Crippen LogP contribution < -0.4 is 4.90 Å². The summed E-state index contributed by atoms with van der Waals surface area (Å²) in [4.78, 5) is 5.14. The molecule has 2 heteroatoms. The van der Waals surface area contributed by atoms with E-state index < -0.39 is 0 Å². The van der Waals surface area contributed by atoms with Crippen LogP contribution in [0.25, 0.3) is 0 Å². The molecular weight excluding hydrogens is 424 g/mol. The van der Waals surface area contributed by atoms with E-state index in [9.17, 15) is 0 Å². The Hall–Kier alpha value is -1.44. The molecule has 1 aromatic carbocycles. The van der Waals surface area contributed by atoms with Crippen molar-refractivity contribution in [1.29, 1.82) is 0 Å². The molecule has 0 fully saturated rings. The van der Waals surface area contributed by atoms with Crippen LogP contribution in [0.15, 0.2) is 42.7 Å². The van der Waals surface area contributed by atoms with Crippen LogP contribution in [0.5, 0.6) is 0 Å². The second-order valence-electron chi connectivity index (χ2n) is 10.9. The molecule has 0 N–H and O–H groups in total. The van der Waals surface area contributed by atoms with Gasteiger partial charge in [-0.1, -0.05) is 148 Å². The maximum atomic E-state index is 2.62. The van der Waals surface area contributed by atoms with Crippen molar-refractivity contribution in [2.24, 2.45) is 0 Å². The molecule has 0 saturated heterocycles. The SMILES string of the molecule is CCCCCCCCCCCCCCCC1N(CCCCCCCCC)C=CN1c1ccccc1. The van der Waals surface area contributed by atoms with Gasteiger partial charge in [-0.2, -0.15) is 0 Å². The zero-order valence-electron chi connectivity index (χ0n) is 23.6. The summed E-state index contributed by atoms with van der Waals surface area (Å²) in [7, 11) is 0. The van der Waals surface area contributed by atoms with Crippen LogP contribution in [-0.2, 0) is 0 Å². The monoisotopic (exact) mass is 482 g/mol. The van der Waals surface area contributed by atoms with Crippen molar-refractivity contribution in [3.8, 4) is 0 Å². The standard InChI is InChI=1S/C33H58N2/c1-3-5-7-9-11-12-13-14-15-16-17-19-24-28-33-34(29-25-20-18-10-8-6-4-2)30-31-35(33)32-26-22-21-23-27-32/h21-23,26-27,30-31,33H,3-20,24-25,28-29H2,1-2H3. The fourth-order valence-corrected chi connectivity index (χ4v) is 5.50. The van der Waals surface area contributed by atoms with E-state index in [1.54, 1.807) is 0 Å². The molecular formula is C33H58N2. The van der Waals surface area contributed by atoms with Gasteiger partial charge < -0.3 is 9.80 Å². The van der Waals surface area contributed by atoms with Crippen LogP contribution in [0.4, 0.5) is 5.69 Å². The lowest BCUT2D eigenvalue weighted by Gasteiger charge is -2.33. The van der Waals surface area contributed by atoms with Crippen molar-refractivity contribution in [1.82, 2.24) is 4.90 Å². The third kappa shape index (κ3) is 13.4. The minimum Gasteiger partial charge on any atom is -0.356 e. The molecule has 0 amide bonds. The lowest BCUT2D eigenvalue weighted by molar-refractivity contribution is 0.273.